The lowest BCUT2D eigenvalue weighted by Crippen LogP contribution is -2.54. The second kappa shape index (κ2) is 5.07. The fourth-order valence-electron chi connectivity index (χ4n) is 3.06. The van der Waals surface area contributed by atoms with E-state index in [1.165, 1.54) is 0 Å². The smallest absolute Gasteiger partial charge is 0.220 e. The van der Waals surface area contributed by atoms with E-state index in [9.17, 15) is 4.79 Å². The van der Waals surface area contributed by atoms with Crippen molar-refractivity contribution in [1.29, 1.82) is 0 Å². The second-order valence-electron chi connectivity index (χ2n) is 5.34. The molecule has 2 fully saturated rings. The number of aromatic nitrogens is 1. The summed E-state index contributed by atoms with van der Waals surface area (Å²) in [7, 11) is 1.88. The molecule has 0 bridgehead atoms. The van der Waals surface area contributed by atoms with Crippen LogP contribution in [0.15, 0.2) is 18.2 Å². The van der Waals surface area contributed by atoms with Crippen LogP contribution in [0.4, 0.5) is 11.6 Å². The monoisotopic (exact) mass is 260 g/mol. The Morgan fingerprint density at radius 1 is 1.42 bits per heavy atom. The number of carbonyl (C=O) groups is 1. The summed E-state index contributed by atoms with van der Waals surface area (Å²) in [4.78, 5) is 18.3. The molecular formula is C14H20N4O. The Bertz CT molecular complexity index is 476. The fourth-order valence-corrected chi connectivity index (χ4v) is 3.06. The van der Waals surface area contributed by atoms with Crippen LogP contribution in [-0.2, 0) is 4.79 Å². The van der Waals surface area contributed by atoms with Gasteiger partial charge in [0, 0.05) is 32.6 Å². The molecule has 5 nitrogen and oxygen atoms in total. The first-order valence-electron chi connectivity index (χ1n) is 6.95. The van der Waals surface area contributed by atoms with Gasteiger partial charge < -0.3 is 15.5 Å². The Morgan fingerprint density at radius 2 is 2.32 bits per heavy atom. The predicted octanol–water partition coefficient (Wildman–Crippen LogP) is 1.23. The molecule has 5 heteroatoms. The summed E-state index contributed by atoms with van der Waals surface area (Å²) in [5.74, 6) is 2.70. The zero-order valence-corrected chi connectivity index (χ0v) is 11.2. The van der Waals surface area contributed by atoms with Crippen molar-refractivity contribution in [3.63, 3.8) is 0 Å². The van der Waals surface area contributed by atoms with Gasteiger partial charge in [-0.3, -0.25) is 4.79 Å². The van der Waals surface area contributed by atoms with E-state index in [0.29, 0.717) is 18.4 Å². The van der Waals surface area contributed by atoms with Crippen molar-refractivity contribution >= 4 is 17.5 Å². The number of nitrogens with one attached hydrogen (secondary N) is 2. The first-order valence-corrected chi connectivity index (χ1v) is 6.95. The molecule has 0 saturated carbocycles. The highest BCUT2D eigenvalue weighted by Gasteiger charge is 2.34. The summed E-state index contributed by atoms with van der Waals surface area (Å²) in [5.41, 5.74) is 0. The maximum absolute atomic E-state index is 11.4. The van der Waals surface area contributed by atoms with Gasteiger partial charge in [0.15, 0.2) is 0 Å². The number of hydrogen-bond acceptors (Lipinski definition) is 4. The minimum absolute atomic E-state index is 0.213. The average molecular weight is 260 g/mol. The van der Waals surface area contributed by atoms with E-state index in [2.05, 4.69) is 26.6 Å². The second-order valence-corrected chi connectivity index (χ2v) is 5.34. The Hall–Kier alpha value is -1.78. The summed E-state index contributed by atoms with van der Waals surface area (Å²) in [6, 6.07) is 6.42. The molecule has 102 valence electrons. The molecule has 0 aromatic carbocycles. The number of rotatable bonds is 2. The molecule has 2 N–H and O–H groups in total. The standard InChI is InChI=1S/C14H20N4O/c1-15-12-3-2-4-13(17-12)18-8-7-11-10(9-18)5-6-14(19)16-11/h2-4,10-11H,5-9H2,1H3,(H,15,17)(H,16,19). The van der Waals surface area contributed by atoms with E-state index in [1.54, 1.807) is 0 Å². The molecule has 0 spiro atoms. The van der Waals surface area contributed by atoms with Crippen LogP contribution in [0.5, 0.6) is 0 Å². The first-order chi connectivity index (χ1) is 9.26. The molecule has 0 aliphatic carbocycles. The Labute approximate surface area is 113 Å². The molecule has 2 unspecified atom stereocenters. The zero-order valence-electron chi connectivity index (χ0n) is 11.2. The Kier molecular flexibility index (Phi) is 3.27. The molecule has 3 rings (SSSR count). The number of nitrogens with zero attached hydrogens (tertiary/aromatic N) is 2. The highest BCUT2D eigenvalue weighted by atomic mass is 16.1. The van der Waals surface area contributed by atoms with E-state index in [4.69, 9.17) is 0 Å². The van der Waals surface area contributed by atoms with Crippen molar-refractivity contribution in [2.24, 2.45) is 5.92 Å². The van der Waals surface area contributed by atoms with Gasteiger partial charge in [-0.2, -0.15) is 0 Å². The van der Waals surface area contributed by atoms with Gasteiger partial charge >= 0.3 is 0 Å². The van der Waals surface area contributed by atoms with E-state index in [-0.39, 0.29) is 5.91 Å². The largest absolute Gasteiger partial charge is 0.373 e. The minimum Gasteiger partial charge on any atom is -0.373 e. The van der Waals surface area contributed by atoms with Crippen LogP contribution in [0.3, 0.4) is 0 Å². The SMILES string of the molecule is CNc1cccc(N2CCC3NC(=O)CCC3C2)n1. The van der Waals surface area contributed by atoms with E-state index in [0.717, 1.165) is 37.6 Å². The number of hydrogen-bond donors (Lipinski definition) is 2. The quantitative estimate of drug-likeness (QED) is 0.839. The number of piperidine rings is 2. The van der Waals surface area contributed by atoms with Gasteiger partial charge in [-0.25, -0.2) is 4.98 Å². The van der Waals surface area contributed by atoms with Gasteiger partial charge in [0.1, 0.15) is 11.6 Å². The predicted molar refractivity (Wildman–Crippen MR) is 75.3 cm³/mol. The third-order valence-corrected chi connectivity index (χ3v) is 4.14. The molecule has 1 amide bonds. The van der Waals surface area contributed by atoms with Gasteiger partial charge in [-0.1, -0.05) is 6.07 Å². The summed E-state index contributed by atoms with van der Waals surface area (Å²) >= 11 is 0. The number of amides is 1. The molecule has 2 aliphatic heterocycles. The number of fused-ring (bicyclic) bond motifs is 1. The van der Waals surface area contributed by atoms with Gasteiger partial charge in [0.25, 0.3) is 0 Å². The number of anilines is 2. The van der Waals surface area contributed by atoms with Gasteiger partial charge in [0.05, 0.1) is 0 Å². The molecule has 2 atom stereocenters. The maximum atomic E-state index is 11.4. The first kappa shape index (κ1) is 12.3. The van der Waals surface area contributed by atoms with Crippen molar-refractivity contribution in [2.75, 3.05) is 30.4 Å². The van der Waals surface area contributed by atoms with Gasteiger partial charge in [-0.15, -0.1) is 0 Å². The molecule has 2 saturated heterocycles. The highest BCUT2D eigenvalue weighted by molar-refractivity contribution is 5.77. The van der Waals surface area contributed by atoms with Crippen molar-refractivity contribution < 1.29 is 4.79 Å². The Balaban J connectivity index is 1.72. The van der Waals surface area contributed by atoms with E-state index >= 15 is 0 Å². The lowest BCUT2D eigenvalue weighted by molar-refractivity contribution is -0.124. The third-order valence-electron chi connectivity index (χ3n) is 4.14. The summed E-state index contributed by atoms with van der Waals surface area (Å²) in [6.07, 6.45) is 2.68. The van der Waals surface area contributed by atoms with Crippen LogP contribution in [0, 0.1) is 5.92 Å². The molecule has 3 heterocycles. The Morgan fingerprint density at radius 3 is 3.16 bits per heavy atom. The van der Waals surface area contributed by atoms with Crippen LogP contribution in [-0.4, -0.2) is 37.1 Å². The van der Waals surface area contributed by atoms with Crippen molar-refractivity contribution in [3.8, 4) is 0 Å². The summed E-state index contributed by atoms with van der Waals surface area (Å²) in [5, 5.41) is 6.19. The van der Waals surface area contributed by atoms with Crippen LogP contribution >= 0.6 is 0 Å². The lowest BCUT2D eigenvalue weighted by atomic mass is 9.85. The van der Waals surface area contributed by atoms with Crippen LogP contribution in [0.2, 0.25) is 0 Å². The van der Waals surface area contributed by atoms with Crippen molar-refractivity contribution in [3.05, 3.63) is 18.2 Å². The normalized spacial score (nSPS) is 26.6. The molecule has 19 heavy (non-hydrogen) atoms. The minimum atomic E-state index is 0.213. The fraction of sp³-hybridized carbons (Fsp3) is 0.571. The molecule has 1 aromatic rings. The van der Waals surface area contributed by atoms with Crippen molar-refractivity contribution in [2.45, 2.75) is 25.3 Å². The van der Waals surface area contributed by atoms with Crippen molar-refractivity contribution in [1.82, 2.24) is 10.3 Å². The zero-order chi connectivity index (χ0) is 13.2. The topological polar surface area (TPSA) is 57.3 Å². The van der Waals surface area contributed by atoms with Gasteiger partial charge in [0.2, 0.25) is 5.91 Å². The van der Waals surface area contributed by atoms with Crippen LogP contribution in [0.1, 0.15) is 19.3 Å². The van der Waals surface area contributed by atoms with Gasteiger partial charge in [-0.05, 0) is 30.9 Å². The molecule has 1 aromatic heterocycles. The molecule has 0 radical (unpaired) electrons. The molecule has 2 aliphatic rings. The number of pyridine rings is 1. The summed E-state index contributed by atoms with van der Waals surface area (Å²) < 4.78 is 0. The van der Waals surface area contributed by atoms with Crippen LogP contribution in [0.25, 0.3) is 0 Å². The highest BCUT2D eigenvalue weighted by Crippen LogP contribution is 2.28. The average Bonchev–Trinajstić information content (AvgIpc) is 2.46. The van der Waals surface area contributed by atoms with E-state index in [1.807, 2.05) is 19.2 Å². The van der Waals surface area contributed by atoms with Crippen LogP contribution < -0.4 is 15.5 Å². The lowest BCUT2D eigenvalue weighted by Gasteiger charge is -2.41. The summed E-state index contributed by atoms with van der Waals surface area (Å²) in [6.45, 7) is 1.95. The number of carbonyl (C=O) groups excluding carboxylic acids is 1. The third kappa shape index (κ3) is 2.50. The van der Waals surface area contributed by atoms with E-state index < -0.39 is 0 Å². The molecular weight excluding hydrogens is 240 g/mol. The maximum Gasteiger partial charge on any atom is 0.220 e.